The summed E-state index contributed by atoms with van der Waals surface area (Å²) in [5, 5.41) is 0. The van der Waals surface area contributed by atoms with Gasteiger partial charge in [-0.1, -0.05) is 0 Å². The van der Waals surface area contributed by atoms with Gasteiger partial charge in [-0.2, -0.15) is 4.31 Å². The molecule has 3 heterocycles. The molecule has 5 nitrogen and oxygen atoms in total. The van der Waals surface area contributed by atoms with E-state index in [0.29, 0.717) is 19.1 Å². The Balaban J connectivity index is 1.58. The molecule has 3 rings (SSSR count). The van der Waals surface area contributed by atoms with Crippen LogP contribution in [0, 0.1) is 0 Å². The first-order valence-corrected chi connectivity index (χ1v) is 8.17. The Kier molecular flexibility index (Phi) is 2.74. The van der Waals surface area contributed by atoms with Gasteiger partial charge in [0.25, 0.3) is 0 Å². The maximum atomic E-state index is 11.4. The van der Waals surface area contributed by atoms with Crippen LogP contribution in [0.3, 0.4) is 0 Å². The third kappa shape index (κ3) is 2.12. The highest BCUT2D eigenvalue weighted by atomic mass is 32.2. The number of sulfonamides is 1. The Bertz CT molecular complexity index is 397. The Morgan fingerprint density at radius 2 is 1.88 bits per heavy atom. The first-order valence-electron chi connectivity index (χ1n) is 6.32. The van der Waals surface area contributed by atoms with Gasteiger partial charge in [0.2, 0.25) is 10.0 Å². The zero-order valence-corrected chi connectivity index (χ0v) is 11.1. The highest BCUT2D eigenvalue weighted by Gasteiger charge is 2.53. The Morgan fingerprint density at radius 1 is 1.24 bits per heavy atom. The van der Waals surface area contributed by atoms with Gasteiger partial charge < -0.3 is 4.74 Å². The van der Waals surface area contributed by atoms with Gasteiger partial charge in [0.1, 0.15) is 0 Å². The molecule has 0 saturated carbocycles. The topological polar surface area (TPSA) is 49.9 Å². The van der Waals surface area contributed by atoms with Crippen LogP contribution in [0.5, 0.6) is 0 Å². The predicted octanol–water partition coefficient (Wildman–Crippen LogP) is -0.115. The second kappa shape index (κ2) is 3.91. The summed E-state index contributed by atoms with van der Waals surface area (Å²) >= 11 is 0. The van der Waals surface area contributed by atoms with Crippen molar-refractivity contribution < 1.29 is 13.2 Å². The van der Waals surface area contributed by atoms with Crippen LogP contribution in [0.4, 0.5) is 0 Å². The zero-order valence-electron chi connectivity index (χ0n) is 10.3. The van der Waals surface area contributed by atoms with E-state index in [9.17, 15) is 8.42 Å². The van der Waals surface area contributed by atoms with Crippen LogP contribution in [0.2, 0.25) is 0 Å². The standard InChI is InChI=1S/C11H20N2O3S/c1-17(14,15)13-8-11(9-13)6-10(7-16-11)12-4-2-3-5-12/h10H,2-9H2,1H3. The minimum absolute atomic E-state index is 0.170. The number of nitrogens with zero attached hydrogens (tertiary/aromatic N) is 2. The highest BCUT2D eigenvalue weighted by Crippen LogP contribution is 2.38. The number of rotatable bonds is 2. The molecular weight excluding hydrogens is 240 g/mol. The lowest BCUT2D eigenvalue weighted by molar-refractivity contribution is -0.0771. The SMILES string of the molecule is CS(=O)(=O)N1CC2(CC(N3CCCC3)CO2)C1. The number of likely N-dealkylation sites (tertiary alicyclic amines) is 1. The van der Waals surface area contributed by atoms with Crippen LogP contribution < -0.4 is 0 Å². The monoisotopic (exact) mass is 260 g/mol. The molecule has 0 N–H and O–H groups in total. The summed E-state index contributed by atoms with van der Waals surface area (Å²) in [7, 11) is -3.03. The van der Waals surface area contributed by atoms with Gasteiger partial charge in [-0.05, 0) is 32.4 Å². The Labute approximate surface area is 103 Å². The van der Waals surface area contributed by atoms with Gasteiger partial charge in [-0.15, -0.1) is 0 Å². The normalized spacial score (nSPS) is 34.3. The molecule has 0 amide bonds. The smallest absolute Gasteiger partial charge is 0.211 e. The van der Waals surface area contributed by atoms with Gasteiger partial charge in [0.15, 0.2) is 0 Å². The van der Waals surface area contributed by atoms with Crippen LogP contribution in [-0.4, -0.2) is 68.3 Å². The van der Waals surface area contributed by atoms with E-state index in [1.807, 2.05) is 0 Å². The van der Waals surface area contributed by atoms with E-state index in [1.54, 1.807) is 0 Å². The molecule has 3 aliphatic heterocycles. The quantitative estimate of drug-likeness (QED) is 0.695. The van der Waals surface area contributed by atoms with Gasteiger partial charge in [-0.3, -0.25) is 4.90 Å². The first-order chi connectivity index (χ1) is 7.99. The van der Waals surface area contributed by atoms with Crippen molar-refractivity contribution in [2.45, 2.75) is 30.9 Å². The Morgan fingerprint density at radius 3 is 2.47 bits per heavy atom. The summed E-state index contributed by atoms with van der Waals surface area (Å²) in [6.45, 7) is 4.24. The van der Waals surface area contributed by atoms with E-state index in [0.717, 1.165) is 13.0 Å². The van der Waals surface area contributed by atoms with Crippen LogP contribution in [0.1, 0.15) is 19.3 Å². The fourth-order valence-corrected chi connectivity index (χ4v) is 4.15. The lowest BCUT2D eigenvalue weighted by Gasteiger charge is -2.45. The minimum atomic E-state index is -3.03. The maximum Gasteiger partial charge on any atom is 0.211 e. The number of ether oxygens (including phenoxy) is 1. The van der Waals surface area contributed by atoms with Crippen molar-refractivity contribution in [3.05, 3.63) is 0 Å². The molecule has 3 saturated heterocycles. The fourth-order valence-electron chi connectivity index (χ4n) is 3.21. The third-order valence-electron chi connectivity index (χ3n) is 4.24. The van der Waals surface area contributed by atoms with Crippen molar-refractivity contribution >= 4 is 10.0 Å². The molecule has 98 valence electrons. The van der Waals surface area contributed by atoms with E-state index in [-0.39, 0.29) is 5.60 Å². The maximum absolute atomic E-state index is 11.4. The van der Waals surface area contributed by atoms with Gasteiger partial charge >= 0.3 is 0 Å². The molecule has 3 fully saturated rings. The van der Waals surface area contributed by atoms with Crippen molar-refractivity contribution in [1.82, 2.24) is 9.21 Å². The fraction of sp³-hybridized carbons (Fsp3) is 1.00. The molecule has 6 heteroatoms. The summed E-state index contributed by atoms with van der Waals surface area (Å²) in [5.41, 5.74) is -0.170. The zero-order chi connectivity index (χ0) is 12.1. The van der Waals surface area contributed by atoms with Crippen LogP contribution >= 0.6 is 0 Å². The van der Waals surface area contributed by atoms with Crippen LogP contribution in [0.25, 0.3) is 0 Å². The Hall–Kier alpha value is -0.170. The van der Waals surface area contributed by atoms with Gasteiger partial charge in [0.05, 0.1) is 18.5 Å². The lowest BCUT2D eigenvalue weighted by Crippen LogP contribution is -2.63. The summed E-state index contributed by atoms with van der Waals surface area (Å²) in [6, 6.07) is 0.513. The molecule has 0 radical (unpaired) electrons. The van der Waals surface area contributed by atoms with Crippen LogP contribution in [0.15, 0.2) is 0 Å². The predicted molar refractivity (Wildman–Crippen MR) is 64.3 cm³/mol. The molecule has 0 aliphatic carbocycles. The average molecular weight is 260 g/mol. The van der Waals surface area contributed by atoms with E-state index < -0.39 is 10.0 Å². The van der Waals surface area contributed by atoms with Crippen molar-refractivity contribution in [2.75, 3.05) is 39.0 Å². The molecular formula is C11H20N2O3S. The number of hydrogen-bond donors (Lipinski definition) is 0. The molecule has 1 spiro atoms. The second-order valence-electron chi connectivity index (χ2n) is 5.63. The third-order valence-corrected chi connectivity index (χ3v) is 5.44. The molecule has 0 aromatic rings. The van der Waals surface area contributed by atoms with E-state index >= 15 is 0 Å². The first kappa shape index (κ1) is 11.9. The minimum Gasteiger partial charge on any atom is -0.371 e. The highest BCUT2D eigenvalue weighted by molar-refractivity contribution is 7.88. The average Bonchev–Trinajstić information content (AvgIpc) is 2.82. The molecule has 1 atom stereocenters. The van der Waals surface area contributed by atoms with Crippen molar-refractivity contribution in [2.24, 2.45) is 0 Å². The van der Waals surface area contributed by atoms with E-state index in [1.165, 1.54) is 36.5 Å². The van der Waals surface area contributed by atoms with Crippen molar-refractivity contribution in [1.29, 1.82) is 0 Å². The van der Waals surface area contributed by atoms with Gasteiger partial charge in [0, 0.05) is 19.1 Å². The molecule has 1 unspecified atom stereocenters. The molecule has 17 heavy (non-hydrogen) atoms. The van der Waals surface area contributed by atoms with E-state index in [4.69, 9.17) is 4.74 Å². The molecule has 0 aromatic heterocycles. The number of hydrogen-bond acceptors (Lipinski definition) is 4. The van der Waals surface area contributed by atoms with Crippen molar-refractivity contribution in [3.63, 3.8) is 0 Å². The molecule has 3 aliphatic rings. The molecule has 0 bridgehead atoms. The lowest BCUT2D eigenvalue weighted by atomic mass is 9.91. The summed E-state index contributed by atoms with van der Waals surface area (Å²) in [6.07, 6.45) is 4.85. The second-order valence-corrected chi connectivity index (χ2v) is 7.61. The molecule has 0 aromatic carbocycles. The largest absolute Gasteiger partial charge is 0.371 e. The van der Waals surface area contributed by atoms with Gasteiger partial charge in [-0.25, -0.2) is 8.42 Å². The summed E-state index contributed by atoms with van der Waals surface area (Å²) in [5.74, 6) is 0. The van der Waals surface area contributed by atoms with Crippen LogP contribution in [-0.2, 0) is 14.8 Å². The summed E-state index contributed by atoms with van der Waals surface area (Å²) in [4.78, 5) is 2.50. The van der Waals surface area contributed by atoms with Crippen molar-refractivity contribution in [3.8, 4) is 0 Å². The van der Waals surface area contributed by atoms with E-state index in [2.05, 4.69) is 4.90 Å². The summed E-state index contributed by atoms with van der Waals surface area (Å²) < 4.78 is 30.1.